The molecule has 0 bridgehead atoms. The number of unbranched alkanes of at least 4 members (excludes halogenated alkanes) is 1. The van der Waals surface area contributed by atoms with Crippen LogP contribution in [0.2, 0.25) is 0 Å². The van der Waals surface area contributed by atoms with Gasteiger partial charge in [0.25, 0.3) is 5.56 Å². The Labute approximate surface area is 181 Å². The van der Waals surface area contributed by atoms with Crippen molar-refractivity contribution < 1.29 is 4.79 Å². The molecule has 0 atom stereocenters. The van der Waals surface area contributed by atoms with Crippen molar-refractivity contribution in [3.05, 3.63) is 56.2 Å². The topological polar surface area (TPSA) is 101 Å². The van der Waals surface area contributed by atoms with Crippen LogP contribution < -0.4 is 21.9 Å². The summed E-state index contributed by atoms with van der Waals surface area (Å²) in [6, 6.07) is 8.19. The molecule has 0 saturated heterocycles. The van der Waals surface area contributed by atoms with Crippen LogP contribution in [-0.2, 0) is 17.1 Å². The molecule has 0 aliphatic rings. The number of nitrogen functional groups attached to an aromatic ring is 1. The number of aromatic amines is 1. The van der Waals surface area contributed by atoms with Crippen molar-refractivity contribution in [1.29, 1.82) is 0 Å². The van der Waals surface area contributed by atoms with E-state index in [4.69, 9.17) is 5.73 Å². The number of carbonyl (C=O) groups is 1. The fourth-order valence-electron chi connectivity index (χ4n) is 3.08. The fourth-order valence-corrected chi connectivity index (χ4v) is 3.94. The lowest BCUT2D eigenvalue weighted by atomic mass is 10.2. The van der Waals surface area contributed by atoms with Gasteiger partial charge in [-0.1, -0.05) is 57.0 Å². The van der Waals surface area contributed by atoms with Crippen LogP contribution >= 0.6 is 11.8 Å². The van der Waals surface area contributed by atoms with Crippen LogP contribution in [0.25, 0.3) is 0 Å². The van der Waals surface area contributed by atoms with Gasteiger partial charge in [-0.2, -0.15) is 0 Å². The highest BCUT2D eigenvalue weighted by Crippen LogP contribution is 2.21. The number of anilines is 2. The standard InChI is InChI=1S/C22H32N4O3S/c1-5-6-11-25(18(27)14-30-13-17-9-7-16(4)8-10-17)19-20(23)26(12-15(2)3)22(29)24-21(19)28/h7-10,15H,5-6,11-14,23H2,1-4H3,(H,24,28,29). The van der Waals surface area contributed by atoms with E-state index in [0.29, 0.717) is 18.8 Å². The SMILES string of the molecule is CCCCN(C(=O)CSCc1ccc(C)cc1)c1c(N)n(CC(C)C)c(=O)[nH]c1=O. The minimum atomic E-state index is -0.620. The monoisotopic (exact) mass is 432 g/mol. The second kappa shape index (κ2) is 11.1. The number of benzene rings is 1. The molecule has 0 aliphatic carbocycles. The van der Waals surface area contributed by atoms with Gasteiger partial charge in [0, 0.05) is 18.8 Å². The summed E-state index contributed by atoms with van der Waals surface area (Å²) in [6.45, 7) is 8.71. The van der Waals surface area contributed by atoms with Crippen molar-refractivity contribution in [2.24, 2.45) is 5.92 Å². The third kappa shape index (κ3) is 6.26. The molecule has 2 rings (SSSR count). The van der Waals surface area contributed by atoms with E-state index in [-0.39, 0.29) is 29.1 Å². The summed E-state index contributed by atoms with van der Waals surface area (Å²) >= 11 is 1.49. The third-order valence-corrected chi connectivity index (χ3v) is 5.67. The Bertz CT molecular complexity index is 964. The van der Waals surface area contributed by atoms with Crippen LogP contribution in [0.5, 0.6) is 0 Å². The number of aromatic nitrogens is 2. The van der Waals surface area contributed by atoms with Crippen LogP contribution in [0.4, 0.5) is 11.5 Å². The molecule has 30 heavy (non-hydrogen) atoms. The number of hydrogen-bond donors (Lipinski definition) is 2. The Kier molecular flexibility index (Phi) is 8.77. The fraction of sp³-hybridized carbons (Fsp3) is 0.500. The van der Waals surface area contributed by atoms with Gasteiger partial charge in [-0.3, -0.25) is 19.1 Å². The van der Waals surface area contributed by atoms with E-state index in [2.05, 4.69) is 4.98 Å². The van der Waals surface area contributed by atoms with Gasteiger partial charge in [-0.25, -0.2) is 4.79 Å². The quantitative estimate of drug-likeness (QED) is 0.601. The number of rotatable bonds is 10. The Hall–Kier alpha value is -2.48. The number of amides is 1. The predicted octanol–water partition coefficient (Wildman–Crippen LogP) is 3.15. The normalized spacial score (nSPS) is 11.1. The number of aryl methyl sites for hydroxylation is 1. The Morgan fingerprint density at radius 3 is 2.50 bits per heavy atom. The van der Waals surface area contributed by atoms with Gasteiger partial charge < -0.3 is 10.6 Å². The van der Waals surface area contributed by atoms with Crippen molar-refractivity contribution in [3.8, 4) is 0 Å². The molecule has 1 amide bonds. The number of carbonyl (C=O) groups excluding carboxylic acids is 1. The summed E-state index contributed by atoms with van der Waals surface area (Å²) in [5, 5.41) is 0. The van der Waals surface area contributed by atoms with E-state index in [1.807, 2.05) is 52.0 Å². The second-order valence-electron chi connectivity index (χ2n) is 7.87. The van der Waals surface area contributed by atoms with Gasteiger partial charge in [-0.05, 0) is 24.8 Å². The maximum atomic E-state index is 13.0. The van der Waals surface area contributed by atoms with Crippen molar-refractivity contribution in [2.45, 2.75) is 52.8 Å². The molecule has 1 aromatic heterocycles. The molecule has 0 unspecified atom stereocenters. The highest BCUT2D eigenvalue weighted by atomic mass is 32.2. The van der Waals surface area contributed by atoms with E-state index >= 15 is 0 Å². The van der Waals surface area contributed by atoms with Gasteiger partial charge >= 0.3 is 5.69 Å². The minimum Gasteiger partial charge on any atom is -0.383 e. The van der Waals surface area contributed by atoms with Crippen LogP contribution in [0.1, 0.15) is 44.7 Å². The van der Waals surface area contributed by atoms with Crippen molar-refractivity contribution in [3.63, 3.8) is 0 Å². The summed E-state index contributed by atoms with van der Waals surface area (Å²) in [7, 11) is 0. The molecule has 0 saturated carbocycles. The second-order valence-corrected chi connectivity index (χ2v) is 8.86. The van der Waals surface area contributed by atoms with E-state index in [9.17, 15) is 14.4 Å². The largest absolute Gasteiger partial charge is 0.383 e. The van der Waals surface area contributed by atoms with E-state index < -0.39 is 11.2 Å². The molecule has 3 N–H and O–H groups in total. The first kappa shape index (κ1) is 23.8. The molecule has 8 heteroatoms. The van der Waals surface area contributed by atoms with Crippen molar-refractivity contribution in [1.82, 2.24) is 9.55 Å². The van der Waals surface area contributed by atoms with Crippen LogP contribution in [0.3, 0.4) is 0 Å². The summed E-state index contributed by atoms with van der Waals surface area (Å²) < 4.78 is 1.34. The van der Waals surface area contributed by atoms with Crippen LogP contribution in [0.15, 0.2) is 33.9 Å². The molecule has 1 heterocycles. The first-order chi connectivity index (χ1) is 14.2. The number of thioether (sulfide) groups is 1. The highest BCUT2D eigenvalue weighted by Gasteiger charge is 2.24. The molecule has 0 spiro atoms. The van der Waals surface area contributed by atoms with Crippen LogP contribution in [0, 0.1) is 12.8 Å². The molecule has 2 aromatic rings. The Balaban J connectivity index is 2.25. The molecule has 0 aliphatic heterocycles. The Morgan fingerprint density at radius 2 is 1.90 bits per heavy atom. The summed E-state index contributed by atoms with van der Waals surface area (Å²) in [5.41, 5.74) is 7.46. The molecule has 0 radical (unpaired) electrons. The summed E-state index contributed by atoms with van der Waals surface area (Å²) in [6.07, 6.45) is 1.60. The zero-order valence-corrected chi connectivity index (χ0v) is 19.1. The zero-order valence-electron chi connectivity index (χ0n) is 18.2. The van der Waals surface area contributed by atoms with E-state index in [1.165, 1.54) is 26.8 Å². The maximum absolute atomic E-state index is 13.0. The highest BCUT2D eigenvalue weighted by molar-refractivity contribution is 7.99. The number of hydrogen-bond acceptors (Lipinski definition) is 5. The van der Waals surface area contributed by atoms with Gasteiger partial charge in [0.15, 0.2) is 5.69 Å². The number of H-pyrrole nitrogens is 1. The number of nitrogens with two attached hydrogens (primary N) is 1. The van der Waals surface area contributed by atoms with E-state index in [1.54, 1.807) is 0 Å². The predicted molar refractivity (Wildman–Crippen MR) is 125 cm³/mol. The molecule has 164 valence electrons. The van der Waals surface area contributed by atoms with E-state index in [0.717, 1.165) is 18.4 Å². The lowest BCUT2D eigenvalue weighted by molar-refractivity contribution is -0.116. The zero-order chi connectivity index (χ0) is 22.3. The molecular weight excluding hydrogens is 400 g/mol. The minimum absolute atomic E-state index is 0.0467. The van der Waals surface area contributed by atoms with Gasteiger partial charge in [0.1, 0.15) is 5.82 Å². The maximum Gasteiger partial charge on any atom is 0.330 e. The van der Waals surface area contributed by atoms with Gasteiger partial charge in [0.2, 0.25) is 5.91 Å². The molecule has 1 aromatic carbocycles. The summed E-state index contributed by atoms with van der Waals surface area (Å²) in [5.74, 6) is 0.943. The first-order valence-electron chi connectivity index (χ1n) is 10.3. The molecular formula is C22H32N4O3S. The average molecular weight is 433 g/mol. The third-order valence-electron chi connectivity index (χ3n) is 4.68. The van der Waals surface area contributed by atoms with Crippen LogP contribution in [-0.4, -0.2) is 27.8 Å². The number of nitrogens with one attached hydrogen (secondary N) is 1. The van der Waals surface area contributed by atoms with Gasteiger partial charge in [0.05, 0.1) is 5.75 Å². The average Bonchev–Trinajstić information content (AvgIpc) is 2.68. The molecule has 0 fully saturated rings. The lowest BCUT2D eigenvalue weighted by Gasteiger charge is -2.24. The van der Waals surface area contributed by atoms with Crippen molar-refractivity contribution >= 4 is 29.2 Å². The van der Waals surface area contributed by atoms with Crippen molar-refractivity contribution in [2.75, 3.05) is 22.9 Å². The first-order valence-corrected chi connectivity index (χ1v) is 11.5. The Morgan fingerprint density at radius 1 is 1.23 bits per heavy atom. The van der Waals surface area contributed by atoms with Gasteiger partial charge in [-0.15, -0.1) is 11.8 Å². The lowest BCUT2D eigenvalue weighted by Crippen LogP contribution is -2.42. The smallest absolute Gasteiger partial charge is 0.330 e. The number of nitrogens with zero attached hydrogens (tertiary/aromatic N) is 2. The summed E-state index contributed by atoms with van der Waals surface area (Å²) in [4.78, 5) is 41.6. The molecule has 7 nitrogen and oxygen atoms in total.